The maximum absolute atomic E-state index is 13.0. The number of hydrogen-bond acceptors (Lipinski definition) is 5. The lowest BCUT2D eigenvalue weighted by Crippen LogP contribution is -2.48. The highest BCUT2D eigenvalue weighted by atomic mass is 32.1. The van der Waals surface area contributed by atoms with Gasteiger partial charge in [0.25, 0.3) is 5.91 Å². The van der Waals surface area contributed by atoms with Gasteiger partial charge in [-0.1, -0.05) is 13.8 Å². The number of hydrogen-bond donors (Lipinski definition) is 0. The van der Waals surface area contributed by atoms with Gasteiger partial charge in [-0.15, -0.1) is 11.3 Å². The number of aromatic nitrogens is 2. The first-order chi connectivity index (χ1) is 12.1. The van der Waals surface area contributed by atoms with E-state index in [4.69, 9.17) is 4.74 Å². The summed E-state index contributed by atoms with van der Waals surface area (Å²) in [5.74, 6) is 0.569. The van der Waals surface area contributed by atoms with Gasteiger partial charge >= 0.3 is 0 Å². The third kappa shape index (κ3) is 4.25. The van der Waals surface area contributed by atoms with Gasteiger partial charge in [0.2, 0.25) is 0 Å². The number of amides is 1. The molecule has 0 saturated carbocycles. The van der Waals surface area contributed by atoms with Gasteiger partial charge in [0.05, 0.1) is 36.2 Å². The van der Waals surface area contributed by atoms with Crippen LogP contribution in [0.5, 0.6) is 0 Å². The zero-order chi connectivity index (χ0) is 17.8. The first-order valence-corrected chi connectivity index (χ1v) is 9.68. The summed E-state index contributed by atoms with van der Waals surface area (Å²) in [5.41, 5.74) is 2.76. The molecule has 1 fully saturated rings. The van der Waals surface area contributed by atoms with Crippen molar-refractivity contribution in [1.29, 1.82) is 0 Å². The molecular weight excluding hydrogens is 334 g/mol. The maximum Gasteiger partial charge on any atom is 0.255 e. The van der Waals surface area contributed by atoms with Crippen LogP contribution in [-0.4, -0.2) is 46.6 Å². The molecule has 1 aliphatic rings. The molecule has 134 valence electrons. The molecule has 5 nitrogen and oxygen atoms in total. The fourth-order valence-corrected chi connectivity index (χ4v) is 3.98. The Labute approximate surface area is 153 Å². The molecule has 3 rings (SSSR count). The molecular formula is C19H25N3O2S. The monoisotopic (exact) mass is 359 g/mol. The van der Waals surface area contributed by atoms with Gasteiger partial charge < -0.3 is 9.64 Å². The Kier molecular flexibility index (Phi) is 5.81. The molecule has 0 aromatic carbocycles. The number of carbonyl (C=O) groups is 1. The van der Waals surface area contributed by atoms with Gasteiger partial charge in [0.15, 0.2) is 0 Å². The van der Waals surface area contributed by atoms with Crippen molar-refractivity contribution in [3.05, 3.63) is 45.7 Å². The van der Waals surface area contributed by atoms with Gasteiger partial charge in [-0.25, -0.2) is 0 Å². The quantitative estimate of drug-likeness (QED) is 0.820. The van der Waals surface area contributed by atoms with Crippen molar-refractivity contribution >= 4 is 17.2 Å². The number of morpholine rings is 1. The number of thiophene rings is 1. The van der Waals surface area contributed by atoms with Crippen molar-refractivity contribution in [2.24, 2.45) is 0 Å². The molecule has 25 heavy (non-hydrogen) atoms. The van der Waals surface area contributed by atoms with Crippen molar-refractivity contribution < 1.29 is 9.53 Å². The molecule has 0 N–H and O–H groups in total. The largest absolute Gasteiger partial charge is 0.377 e. The summed E-state index contributed by atoms with van der Waals surface area (Å²) in [7, 11) is 0. The number of carbonyl (C=O) groups excluding carboxylic acids is 1. The topological polar surface area (TPSA) is 55.3 Å². The minimum Gasteiger partial charge on any atom is -0.377 e. The predicted octanol–water partition coefficient (Wildman–Crippen LogP) is 3.44. The van der Waals surface area contributed by atoms with Crippen LogP contribution in [0.25, 0.3) is 0 Å². The summed E-state index contributed by atoms with van der Waals surface area (Å²) in [6, 6.07) is 2.13. The van der Waals surface area contributed by atoms with Crippen LogP contribution in [0.1, 0.15) is 52.8 Å². The van der Waals surface area contributed by atoms with E-state index >= 15 is 0 Å². The molecule has 6 heteroatoms. The van der Waals surface area contributed by atoms with Crippen LogP contribution in [0, 0.1) is 6.92 Å². The Balaban J connectivity index is 1.69. The normalized spacial score (nSPS) is 17.9. The van der Waals surface area contributed by atoms with Crippen molar-refractivity contribution in [3.8, 4) is 0 Å². The number of nitrogens with zero attached hydrogens (tertiary/aromatic N) is 3. The minimum absolute atomic E-state index is 0.0880. The maximum atomic E-state index is 13.0. The van der Waals surface area contributed by atoms with Gasteiger partial charge in [0.1, 0.15) is 0 Å². The number of aryl methyl sites for hydroxylation is 2. The Hall–Kier alpha value is -1.79. The fraction of sp³-hybridized carbons (Fsp3) is 0.526. The molecule has 1 saturated heterocycles. The first-order valence-electron chi connectivity index (χ1n) is 8.80. The highest BCUT2D eigenvalue weighted by molar-refractivity contribution is 7.10. The van der Waals surface area contributed by atoms with E-state index in [-0.39, 0.29) is 11.9 Å². The first kappa shape index (κ1) is 18.0. The molecule has 0 radical (unpaired) electrons. The molecule has 0 spiro atoms. The minimum atomic E-state index is 0.0880. The van der Waals surface area contributed by atoms with Crippen molar-refractivity contribution in [1.82, 2.24) is 14.9 Å². The second-order valence-electron chi connectivity index (χ2n) is 6.75. The second kappa shape index (κ2) is 8.06. The van der Waals surface area contributed by atoms with E-state index < -0.39 is 0 Å². The molecule has 0 unspecified atom stereocenters. The van der Waals surface area contributed by atoms with Crippen LogP contribution in [0.2, 0.25) is 0 Å². The summed E-state index contributed by atoms with van der Waals surface area (Å²) in [4.78, 5) is 24.9. The van der Waals surface area contributed by atoms with Gasteiger partial charge in [0, 0.05) is 29.2 Å². The third-order valence-corrected chi connectivity index (χ3v) is 5.85. The molecule has 1 amide bonds. The van der Waals surface area contributed by atoms with E-state index in [2.05, 4.69) is 23.8 Å². The zero-order valence-corrected chi connectivity index (χ0v) is 15.9. The molecule has 2 aromatic rings. The van der Waals surface area contributed by atoms with E-state index in [1.54, 1.807) is 23.7 Å². The van der Waals surface area contributed by atoms with Crippen LogP contribution in [0.4, 0.5) is 0 Å². The van der Waals surface area contributed by atoms with E-state index in [0.29, 0.717) is 25.7 Å². The third-order valence-electron chi connectivity index (χ3n) is 4.62. The van der Waals surface area contributed by atoms with Crippen molar-refractivity contribution in [2.75, 3.05) is 19.8 Å². The summed E-state index contributed by atoms with van der Waals surface area (Å²) >= 11 is 1.67. The van der Waals surface area contributed by atoms with Crippen LogP contribution in [-0.2, 0) is 11.2 Å². The smallest absolute Gasteiger partial charge is 0.255 e. The average Bonchev–Trinajstić information content (AvgIpc) is 3.11. The van der Waals surface area contributed by atoms with Gasteiger partial charge in [-0.05, 0) is 31.7 Å². The lowest BCUT2D eigenvalue weighted by atomic mass is 10.0. The van der Waals surface area contributed by atoms with Crippen LogP contribution >= 0.6 is 11.3 Å². The van der Waals surface area contributed by atoms with Gasteiger partial charge in [-0.2, -0.15) is 0 Å². The summed E-state index contributed by atoms with van der Waals surface area (Å²) < 4.78 is 5.63. The number of ether oxygens (including phenoxy) is 1. The molecule has 1 atom stereocenters. The number of rotatable bonds is 5. The summed E-state index contributed by atoms with van der Waals surface area (Å²) in [5, 5.41) is 1.98. The standard InChI is InChI=1S/C19H25N3O2S/c1-13(2)18-10-15(12-25-18)19(23)22-8-9-24-11-16(22)4-5-17-14(3)20-6-7-21-17/h6-7,10,12-13,16H,4-5,8-9,11H2,1-3H3/t16-/m0/s1. The summed E-state index contributed by atoms with van der Waals surface area (Å²) in [6.07, 6.45) is 5.08. The molecule has 0 aliphatic carbocycles. The van der Waals surface area contributed by atoms with Crippen LogP contribution in [0.3, 0.4) is 0 Å². The van der Waals surface area contributed by atoms with E-state index in [1.807, 2.05) is 23.3 Å². The average molecular weight is 359 g/mol. The molecule has 2 aromatic heterocycles. The summed E-state index contributed by atoms with van der Waals surface area (Å²) in [6.45, 7) is 8.12. The highest BCUT2D eigenvalue weighted by Gasteiger charge is 2.28. The second-order valence-corrected chi connectivity index (χ2v) is 7.69. The molecule has 0 bridgehead atoms. The Bertz CT molecular complexity index is 729. The van der Waals surface area contributed by atoms with E-state index in [9.17, 15) is 4.79 Å². The predicted molar refractivity (Wildman–Crippen MR) is 99.1 cm³/mol. The van der Waals surface area contributed by atoms with E-state index in [1.165, 1.54) is 4.88 Å². The molecule has 1 aliphatic heterocycles. The Morgan fingerprint density at radius 3 is 2.92 bits per heavy atom. The fourth-order valence-electron chi connectivity index (χ4n) is 3.08. The van der Waals surface area contributed by atoms with E-state index in [0.717, 1.165) is 29.8 Å². The SMILES string of the molecule is Cc1nccnc1CC[C@H]1COCCN1C(=O)c1csc(C(C)C)c1. The Morgan fingerprint density at radius 1 is 1.40 bits per heavy atom. The zero-order valence-electron chi connectivity index (χ0n) is 15.1. The van der Waals surface area contributed by atoms with Gasteiger partial charge in [-0.3, -0.25) is 14.8 Å². The lowest BCUT2D eigenvalue weighted by Gasteiger charge is -2.35. The molecule has 3 heterocycles. The van der Waals surface area contributed by atoms with Crippen LogP contribution in [0.15, 0.2) is 23.8 Å². The van der Waals surface area contributed by atoms with Crippen LogP contribution < -0.4 is 0 Å². The van der Waals surface area contributed by atoms with Crippen molar-refractivity contribution in [3.63, 3.8) is 0 Å². The highest BCUT2D eigenvalue weighted by Crippen LogP contribution is 2.25. The lowest BCUT2D eigenvalue weighted by molar-refractivity contribution is -0.00411. The van der Waals surface area contributed by atoms with Crippen molar-refractivity contribution in [2.45, 2.75) is 45.6 Å². The Morgan fingerprint density at radius 2 is 2.20 bits per heavy atom.